The van der Waals surface area contributed by atoms with E-state index in [4.69, 9.17) is 4.74 Å². The Morgan fingerprint density at radius 1 is 0.829 bits per heavy atom. The second-order valence-electron chi connectivity index (χ2n) is 10.4. The Morgan fingerprint density at radius 2 is 1.57 bits per heavy atom. The van der Waals surface area contributed by atoms with E-state index in [2.05, 4.69) is 65.0 Å². The van der Waals surface area contributed by atoms with E-state index in [0.29, 0.717) is 12.5 Å². The summed E-state index contributed by atoms with van der Waals surface area (Å²) in [5.41, 5.74) is 8.48. The van der Waals surface area contributed by atoms with Crippen molar-refractivity contribution in [3.63, 3.8) is 0 Å². The Balaban J connectivity index is 1.94. The van der Waals surface area contributed by atoms with Gasteiger partial charge >= 0.3 is 0 Å². The molecule has 0 aliphatic heterocycles. The third kappa shape index (κ3) is 6.52. The maximum Gasteiger partial charge on any atom is 0.120 e. The summed E-state index contributed by atoms with van der Waals surface area (Å²) in [5.74, 6) is 1.14. The van der Waals surface area contributed by atoms with E-state index in [-0.39, 0.29) is 25.2 Å². The summed E-state index contributed by atoms with van der Waals surface area (Å²) in [4.78, 5) is 0. The summed E-state index contributed by atoms with van der Waals surface area (Å²) in [7, 11) is 0. The van der Waals surface area contributed by atoms with Crippen LogP contribution in [0.15, 0.2) is 54.6 Å². The molecule has 188 valence electrons. The molecule has 0 saturated carbocycles. The van der Waals surface area contributed by atoms with Crippen molar-refractivity contribution >= 4 is 0 Å². The van der Waals surface area contributed by atoms with Gasteiger partial charge in [0, 0.05) is 6.61 Å². The summed E-state index contributed by atoms with van der Waals surface area (Å²) in [6.45, 7) is 11.4. The van der Waals surface area contributed by atoms with Crippen LogP contribution in [0.1, 0.15) is 79.8 Å². The average Bonchev–Trinajstić information content (AvgIpc) is 2.85. The van der Waals surface area contributed by atoms with Gasteiger partial charge in [-0.2, -0.15) is 0 Å². The standard InChI is InChI=1S/C31H40O4/c1-6-23(13-14-32)24-10-12-28(30(16-24)31(3,4)5)29-17-27(11-7-21(29)2)35-20-22-8-9-25(18-33)26(15-22)19-34/h7-12,15-17,23,32-34H,6,13-14,18-20H2,1-5H3. The lowest BCUT2D eigenvalue weighted by molar-refractivity contribution is 0.259. The highest BCUT2D eigenvalue weighted by atomic mass is 16.5. The van der Waals surface area contributed by atoms with Crippen molar-refractivity contribution in [3.8, 4) is 16.9 Å². The molecule has 0 bridgehead atoms. The zero-order valence-corrected chi connectivity index (χ0v) is 21.8. The molecule has 0 amide bonds. The fraction of sp³-hybridized carbons (Fsp3) is 0.419. The Morgan fingerprint density at radius 3 is 2.20 bits per heavy atom. The van der Waals surface area contributed by atoms with E-state index < -0.39 is 0 Å². The summed E-state index contributed by atoms with van der Waals surface area (Å²) >= 11 is 0. The minimum absolute atomic E-state index is 0.0404. The molecule has 0 aromatic heterocycles. The highest BCUT2D eigenvalue weighted by Crippen LogP contribution is 2.39. The van der Waals surface area contributed by atoms with Gasteiger partial charge in [-0.05, 0) is 93.8 Å². The summed E-state index contributed by atoms with van der Waals surface area (Å²) in [6, 6.07) is 18.6. The first-order valence-corrected chi connectivity index (χ1v) is 12.5. The van der Waals surface area contributed by atoms with Crippen molar-refractivity contribution in [2.45, 2.75) is 78.6 Å². The molecule has 0 spiro atoms. The zero-order valence-electron chi connectivity index (χ0n) is 21.8. The van der Waals surface area contributed by atoms with E-state index in [9.17, 15) is 15.3 Å². The molecule has 0 heterocycles. The molecule has 1 atom stereocenters. The van der Waals surface area contributed by atoms with Crippen LogP contribution in [-0.2, 0) is 25.2 Å². The molecule has 0 aliphatic rings. The maximum atomic E-state index is 9.58. The van der Waals surface area contributed by atoms with Crippen LogP contribution < -0.4 is 4.74 Å². The van der Waals surface area contributed by atoms with Gasteiger partial charge in [-0.1, -0.05) is 64.1 Å². The predicted molar refractivity (Wildman–Crippen MR) is 143 cm³/mol. The van der Waals surface area contributed by atoms with Crippen LogP contribution in [0.4, 0.5) is 0 Å². The van der Waals surface area contributed by atoms with Gasteiger partial charge in [0.1, 0.15) is 12.4 Å². The fourth-order valence-electron chi connectivity index (χ4n) is 4.65. The van der Waals surface area contributed by atoms with Crippen LogP contribution in [0.2, 0.25) is 0 Å². The van der Waals surface area contributed by atoms with Crippen molar-refractivity contribution in [1.82, 2.24) is 0 Å². The molecular weight excluding hydrogens is 436 g/mol. The van der Waals surface area contributed by atoms with Gasteiger partial charge in [-0.25, -0.2) is 0 Å². The van der Waals surface area contributed by atoms with Gasteiger partial charge in [0.25, 0.3) is 0 Å². The number of hydrogen-bond donors (Lipinski definition) is 3. The van der Waals surface area contributed by atoms with E-state index in [1.165, 1.54) is 22.3 Å². The van der Waals surface area contributed by atoms with E-state index in [1.807, 2.05) is 24.3 Å². The van der Waals surface area contributed by atoms with Crippen LogP contribution in [-0.4, -0.2) is 21.9 Å². The largest absolute Gasteiger partial charge is 0.489 e. The lowest BCUT2D eigenvalue weighted by Gasteiger charge is -2.27. The van der Waals surface area contributed by atoms with Crippen LogP contribution in [0.3, 0.4) is 0 Å². The number of rotatable bonds is 10. The van der Waals surface area contributed by atoms with Crippen molar-refractivity contribution in [2.75, 3.05) is 6.61 Å². The Hall–Kier alpha value is -2.66. The monoisotopic (exact) mass is 476 g/mol. The average molecular weight is 477 g/mol. The van der Waals surface area contributed by atoms with Gasteiger partial charge in [0.2, 0.25) is 0 Å². The van der Waals surface area contributed by atoms with Crippen molar-refractivity contribution in [1.29, 1.82) is 0 Å². The summed E-state index contributed by atoms with van der Waals surface area (Å²) in [5, 5.41) is 28.5. The second-order valence-corrected chi connectivity index (χ2v) is 10.4. The van der Waals surface area contributed by atoms with E-state index in [1.54, 1.807) is 0 Å². The van der Waals surface area contributed by atoms with Crippen molar-refractivity contribution in [2.24, 2.45) is 0 Å². The lowest BCUT2D eigenvalue weighted by atomic mass is 9.78. The van der Waals surface area contributed by atoms with Gasteiger partial charge in [0.15, 0.2) is 0 Å². The minimum atomic E-state index is -0.110. The first-order chi connectivity index (χ1) is 16.7. The molecule has 35 heavy (non-hydrogen) atoms. The smallest absolute Gasteiger partial charge is 0.120 e. The molecule has 4 heteroatoms. The summed E-state index contributed by atoms with van der Waals surface area (Å²) in [6.07, 6.45) is 1.78. The molecule has 3 rings (SSSR count). The minimum Gasteiger partial charge on any atom is -0.489 e. The maximum absolute atomic E-state index is 9.58. The topological polar surface area (TPSA) is 69.9 Å². The second kappa shape index (κ2) is 11.9. The molecule has 4 nitrogen and oxygen atoms in total. The molecule has 3 aromatic carbocycles. The van der Waals surface area contributed by atoms with Crippen LogP contribution in [0, 0.1) is 6.92 Å². The molecule has 1 unspecified atom stereocenters. The molecule has 0 aliphatic carbocycles. The highest BCUT2D eigenvalue weighted by Gasteiger charge is 2.22. The Labute approximate surface area is 210 Å². The number of aliphatic hydroxyl groups is 3. The first kappa shape index (κ1) is 26.9. The van der Waals surface area contributed by atoms with Crippen molar-refractivity contribution < 1.29 is 20.1 Å². The normalized spacial score (nSPS) is 12.6. The van der Waals surface area contributed by atoms with Gasteiger partial charge in [-0.3, -0.25) is 0 Å². The fourth-order valence-corrected chi connectivity index (χ4v) is 4.65. The van der Waals surface area contributed by atoms with Gasteiger partial charge in [0.05, 0.1) is 13.2 Å². The van der Waals surface area contributed by atoms with Crippen LogP contribution >= 0.6 is 0 Å². The van der Waals surface area contributed by atoms with E-state index in [0.717, 1.165) is 40.8 Å². The highest BCUT2D eigenvalue weighted by molar-refractivity contribution is 5.73. The van der Waals surface area contributed by atoms with Gasteiger partial charge < -0.3 is 20.1 Å². The number of aliphatic hydroxyl groups excluding tert-OH is 3. The quantitative estimate of drug-likeness (QED) is 0.317. The molecule has 0 saturated heterocycles. The molecule has 3 aromatic rings. The lowest BCUT2D eigenvalue weighted by Crippen LogP contribution is -2.14. The van der Waals surface area contributed by atoms with Crippen LogP contribution in [0.25, 0.3) is 11.1 Å². The number of aryl methyl sites for hydroxylation is 1. The molecular formula is C31H40O4. The van der Waals surface area contributed by atoms with Gasteiger partial charge in [-0.15, -0.1) is 0 Å². The zero-order chi connectivity index (χ0) is 25.6. The SMILES string of the molecule is CCC(CCO)c1ccc(-c2cc(OCc3ccc(CO)c(CO)c3)ccc2C)c(C(C)(C)C)c1. The Kier molecular flexibility index (Phi) is 9.12. The molecule has 0 radical (unpaired) electrons. The third-order valence-electron chi connectivity index (χ3n) is 6.81. The molecule has 0 fully saturated rings. The number of ether oxygens (including phenoxy) is 1. The molecule has 3 N–H and O–H groups in total. The predicted octanol–water partition coefficient (Wildman–Crippen LogP) is 6.40. The number of benzene rings is 3. The van der Waals surface area contributed by atoms with Crippen LogP contribution in [0.5, 0.6) is 5.75 Å². The third-order valence-corrected chi connectivity index (χ3v) is 6.81. The van der Waals surface area contributed by atoms with Crippen molar-refractivity contribution in [3.05, 3.63) is 88.0 Å². The Bertz CT molecular complexity index is 1130. The van der Waals surface area contributed by atoms with E-state index >= 15 is 0 Å². The first-order valence-electron chi connectivity index (χ1n) is 12.5. The number of hydrogen-bond acceptors (Lipinski definition) is 4. The summed E-state index contributed by atoms with van der Waals surface area (Å²) < 4.78 is 6.15.